The molecule has 1 atom stereocenters. The van der Waals surface area contributed by atoms with Crippen LogP contribution in [0.25, 0.3) is 11.4 Å². The SMILES string of the molecule is CC(=O)NC1CCC(c2nc(-c3cncc(C(O)(c4ccc(C(C)C)cc4)C4(C)CN(C)C4)c3)nn2C(C)C)CC1. The van der Waals surface area contributed by atoms with Crippen LogP contribution in [0.2, 0.25) is 0 Å². The number of aliphatic hydroxyl groups is 1. The fraction of sp³-hybridized carbons (Fsp3) is 0.576. The van der Waals surface area contributed by atoms with Gasteiger partial charge in [-0.15, -0.1) is 0 Å². The molecule has 2 aromatic heterocycles. The second-order valence-corrected chi connectivity index (χ2v) is 13.3. The van der Waals surface area contributed by atoms with Crippen molar-refractivity contribution in [1.29, 1.82) is 0 Å². The number of hydrogen-bond donors (Lipinski definition) is 2. The average molecular weight is 559 g/mol. The molecule has 1 aromatic carbocycles. The number of aromatic nitrogens is 4. The van der Waals surface area contributed by atoms with Gasteiger partial charge in [0.05, 0.1) is 0 Å². The van der Waals surface area contributed by atoms with E-state index in [9.17, 15) is 9.90 Å². The number of nitrogens with one attached hydrogen (secondary N) is 1. The highest BCUT2D eigenvalue weighted by Crippen LogP contribution is 2.50. The molecule has 1 aliphatic carbocycles. The van der Waals surface area contributed by atoms with Crippen LogP contribution < -0.4 is 5.32 Å². The third-order valence-electron chi connectivity index (χ3n) is 9.17. The molecule has 3 heterocycles. The van der Waals surface area contributed by atoms with E-state index in [1.54, 1.807) is 19.3 Å². The minimum atomic E-state index is -1.22. The summed E-state index contributed by atoms with van der Waals surface area (Å²) in [5.74, 6) is 2.38. The van der Waals surface area contributed by atoms with E-state index >= 15 is 0 Å². The van der Waals surface area contributed by atoms with Crippen molar-refractivity contribution >= 4 is 5.91 Å². The molecule has 41 heavy (non-hydrogen) atoms. The molecule has 1 amide bonds. The van der Waals surface area contributed by atoms with Gasteiger partial charge < -0.3 is 15.3 Å². The second-order valence-electron chi connectivity index (χ2n) is 13.3. The van der Waals surface area contributed by atoms with Crippen LogP contribution in [-0.2, 0) is 10.4 Å². The smallest absolute Gasteiger partial charge is 0.217 e. The molecule has 1 aliphatic heterocycles. The van der Waals surface area contributed by atoms with Gasteiger partial charge in [-0.3, -0.25) is 9.78 Å². The minimum Gasteiger partial charge on any atom is -0.380 e. The fourth-order valence-corrected chi connectivity index (χ4v) is 7.01. The maximum atomic E-state index is 12.6. The predicted molar refractivity (Wildman–Crippen MR) is 162 cm³/mol. The maximum Gasteiger partial charge on any atom is 0.217 e. The summed E-state index contributed by atoms with van der Waals surface area (Å²) >= 11 is 0. The Balaban J connectivity index is 1.50. The summed E-state index contributed by atoms with van der Waals surface area (Å²) in [4.78, 5) is 23.5. The van der Waals surface area contributed by atoms with Crippen LogP contribution >= 0.6 is 0 Å². The molecule has 1 saturated heterocycles. The van der Waals surface area contributed by atoms with Crippen LogP contribution in [0.5, 0.6) is 0 Å². The Hall–Kier alpha value is -3.10. The van der Waals surface area contributed by atoms with Gasteiger partial charge >= 0.3 is 0 Å². The van der Waals surface area contributed by atoms with Gasteiger partial charge in [-0.2, -0.15) is 5.10 Å². The first-order chi connectivity index (χ1) is 19.4. The lowest BCUT2D eigenvalue weighted by Gasteiger charge is -2.55. The third-order valence-corrected chi connectivity index (χ3v) is 9.17. The van der Waals surface area contributed by atoms with Crippen molar-refractivity contribution in [2.75, 3.05) is 20.1 Å². The van der Waals surface area contributed by atoms with Crippen molar-refractivity contribution in [1.82, 2.24) is 30.0 Å². The molecule has 2 fully saturated rings. The molecular formula is C33H46N6O2. The van der Waals surface area contributed by atoms with E-state index in [2.05, 4.69) is 81.1 Å². The summed E-state index contributed by atoms with van der Waals surface area (Å²) in [5.41, 5.74) is 2.12. The highest BCUT2D eigenvalue weighted by atomic mass is 16.3. The minimum absolute atomic E-state index is 0.0340. The summed E-state index contributed by atoms with van der Waals surface area (Å²) < 4.78 is 2.05. The van der Waals surface area contributed by atoms with E-state index in [0.29, 0.717) is 17.7 Å². The topological polar surface area (TPSA) is 96.2 Å². The van der Waals surface area contributed by atoms with Gasteiger partial charge in [0.2, 0.25) is 5.91 Å². The molecule has 0 spiro atoms. The van der Waals surface area contributed by atoms with Crippen molar-refractivity contribution in [3.05, 3.63) is 65.2 Å². The number of pyridine rings is 1. The lowest BCUT2D eigenvalue weighted by atomic mass is 9.62. The van der Waals surface area contributed by atoms with Gasteiger partial charge in [-0.25, -0.2) is 9.67 Å². The Morgan fingerprint density at radius 2 is 1.71 bits per heavy atom. The van der Waals surface area contributed by atoms with Crippen LogP contribution in [0.1, 0.15) is 108 Å². The molecule has 2 N–H and O–H groups in total. The molecule has 3 aromatic rings. The third kappa shape index (κ3) is 5.56. The van der Waals surface area contributed by atoms with Gasteiger partial charge in [0.15, 0.2) is 5.82 Å². The summed E-state index contributed by atoms with van der Waals surface area (Å²) in [7, 11) is 2.09. The molecule has 2 aliphatic rings. The highest BCUT2D eigenvalue weighted by Gasteiger charge is 2.55. The normalized spacial score (nSPS) is 22.4. The molecule has 0 radical (unpaired) electrons. The summed E-state index contributed by atoms with van der Waals surface area (Å²) in [6.07, 6.45) is 7.41. The molecule has 0 bridgehead atoms. The maximum absolute atomic E-state index is 12.6. The lowest BCUT2D eigenvalue weighted by molar-refractivity contribution is -0.127. The number of benzene rings is 1. The monoisotopic (exact) mass is 558 g/mol. The van der Waals surface area contributed by atoms with Crippen LogP contribution in [-0.4, -0.2) is 61.8 Å². The summed E-state index contributed by atoms with van der Waals surface area (Å²) in [6.45, 7) is 13.9. The number of likely N-dealkylation sites (tertiary alicyclic amines) is 1. The summed E-state index contributed by atoms with van der Waals surface area (Å²) in [6, 6.07) is 10.8. The molecule has 5 rings (SSSR count). The van der Waals surface area contributed by atoms with Gasteiger partial charge in [-0.1, -0.05) is 45.0 Å². The van der Waals surface area contributed by atoms with Crippen molar-refractivity contribution in [2.45, 2.75) is 96.7 Å². The van der Waals surface area contributed by atoms with E-state index in [1.165, 1.54) is 5.56 Å². The molecule has 8 nitrogen and oxygen atoms in total. The zero-order valence-electron chi connectivity index (χ0n) is 25.7. The zero-order chi connectivity index (χ0) is 29.5. The van der Waals surface area contributed by atoms with Crippen molar-refractivity contribution in [3.8, 4) is 11.4 Å². The lowest BCUT2D eigenvalue weighted by Crippen LogP contribution is -2.63. The number of rotatable bonds is 8. The largest absolute Gasteiger partial charge is 0.380 e. The molecule has 8 heteroatoms. The first-order valence-electron chi connectivity index (χ1n) is 15.1. The van der Waals surface area contributed by atoms with E-state index in [0.717, 1.165) is 61.3 Å². The number of amides is 1. The van der Waals surface area contributed by atoms with Crippen molar-refractivity contribution in [2.24, 2.45) is 5.41 Å². The molecule has 1 saturated carbocycles. The van der Waals surface area contributed by atoms with E-state index in [-0.39, 0.29) is 23.4 Å². The Kier molecular flexibility index (Phi) is 8.09. The first kappa shape index (κ1) is 29.4. The predicted octanol–water partition coefficient (Wildman–Crippen LogP) is 5.39. The standard InChI is InChI=1S/C33H46N6O2/c1-21(2)24-8-12-27(13-9-24)33(41,32(6)19-38(7)20-32)28-16-26(17-34-18-28)30-36-31(39(37-30)22(3)4)25-10-14-29(15-11-25)35-23(5)40/h8-9,12-13,16-18,21-22,25,29,41H,10-11,14-15,19-20H2,1-7H3,(H,35,40). The van der Waals surface area contributed by atoms with E-state index < -0.39 is 5.60 Å². The van der Waals surface area contributed by atoms with Crippen molar-refractivity contribution in [3.63, 3.8) is 0 Å². The number of carbonyl (C=O) groups excluding carboxylic acids is 1. The number of hydrogen-bond acceptors (Lipinski definition) is 6. The Bertz CT molecular complexity index is 1370. The van der Waals surface area contributed by atoms with Crippen molar-refractivity contribution < 1.29 is 9.90 Å². The van der Waals surface area contributed by atoms with Crippen LogP contribution in [0, 0.1) is 5.41 Å². The first-order valence-corrected chi connectivity index (χ1v) is 15.1. The summed E-state index contributed by atoms with van der Waals surface area (Å²) in [5, 5.41) is 20.7. The highest BCUT2D eigenvalue weighted by molar-refractivity contribution is 5.73. The van der Waals surface area contributed by atoms with Gasteiger partial charge in [0.1, 0.15) is 11.4 Å². The second kappa shape index (κ2) is 11.3. The molecular weight excluding hydrogens is 512 g/mol. The Morgan fingerprint density at radius 3 is 2.27 bits per heavy atom. The number of nitrogens with zero attached hydrogens (tertiary/aromatic N) is 5. The quantitative estimate of drug-likeness (QED) is 0.385. The zero-order valence-corrected chi connectivity index (χ0v) is 25.7. The van der Waals surface area contributed by atoms with Crippen LogP contribution in [0.3, 0.4) is 0 Å². The molecule has 220 valence electrons. The van der Waals surface area contributed by atoms with E-state index in [1.807, 2.05) is 10.7 Å². The van der Waals surface area contributed by atoms with Gasteiger partial charge in [0, 0.05) is 67.0 Å². The van der Waals surface area contributed by atoms with Gasteiger partial charge in [0.25, 0.3) is 0 Å². The van der Waals surface area contributed by atoms with Crippen LogP contribution in [0.4, 0.5) is 0 Å². The van der Waals surface area contributed by atoms with Crippen LogP contribution in [0.15, 0.2) is 42.7 Å². The fourth-order valence-electron chi connectivity index (χ4n) is 7.01. The number of carbonyl (C=O) groups is 1. The Morgan fingerprint density at radius 1 is 1.05 bits per heavy atom. The molecule has 1 unspecified atom stereocenters. The van der Waals surface area contributed by atoms with Gasteiger partial charge in [-0.05, 0) is 69.7 Å². The Labute approximate surface area is 244 Å². The van der Waals surface area contributed by atoms with E-state index in [4.69, 9.17) is 10.1 Å². The average Bonchev–Trinajstić information content (AvgIpc) is 3.38.